The number of carbonyl (C=O) groups excluding carboxylic acids is 1. The number of aromatic nitrogens is 2. The third kappa shape index (κ3) is 2.59. The number of rotatable bonds is 4. The van der Waals surface area contributed by atoms with Crippen LogP contribution in [0.1, 0.15) is 30.2 Å². The smallest absolute Gasteiger partial charge is 0.223 e. The molecule has 10 heteroatoms. The summed E-state index contributed by atoms with van der Waals surface area (Å²) in [5.74, 6) is 2.11. The molecule has 1 aromatic carbocycles. The number of hydrogen-bond acceptors (Lipinski definition) is 9. The molecular weight excluding hydrogens is 468 g/mol. The fraction of sp³-hybridized carbons (Fsp3) is 0.458. The zero-order valence-electron chi connectivity index (χ0n) is 18.6. The molecule has 1 spiro atoms. The molecule has 5 heterocycles. The maximum absolute atomic E-state index is 13.1. The minimum Gasteiger partial charge on any atom is -0.373 e. The van der Waals surface area contributed by atoms with E-state index in [-0.39, 0.29) is 5.54 Å². The molecule has 8 rings (SSSR count). The van der Waals surface area contributed by atoms with Gasteiger partial charge in [0.2, 0.25) is 5.91 Å². The van der Waals surface area contributed by atoms with E-state index in [4.69, 9.17) is 4.74 Å². The number of hydrogen-bond donors (Lipinski definition) is 3. The van der Waals surface area contributed by atoms with E-state index in [0.717, 1.165) is 58.2 Å². The highest BCUT2D eigenvalue weighted by molar-refractivity contribution is 7.98. The summed E-state index contributed by atoms with van der Waals surface area (Å²) in [7, 11) is 0. The fourth-order valence-electron chi connectivity index (χ4n) is 6.68. The fourth-order valence-corrected chi connectivity index (χ4v) is 8.67. The Bertz CT molecular complexity index is 1380. The van der Waals surface area contributed by atoms with Gasteiger partial charge in [-0.15, -0.1) is 11.3 Å². The zero-order chi connectivity index (χ0) is 22.6. The lowest BCUT2D eigenvalue weighted by atomic mass is 9.85. The number of nitrogens with one attached hydrogen (secondary N) is 3. The summed E-state index contributed by atoms with van der Waals surface area (Å²) in [5.41, 5.74) is 6.66. The standard InChI is InChI=1S/C24H24N6O2S2/c1-11-21-24(11)18(9-32-21)30(24)19(31)7-12-2-4-14-16(6-12)33-23-20(14)22(25-10-26-23)27-13-3-5-15-17(8-13)34-29-28-15/h3,5,8,10-12,18,21,28-29H,2,4,6-7,9H2,1H3,(H,25,26,27). The van der Waals surface area contributed by atoms with Gasteiger partial charge < -0.3 is 20.4 Å². The van der Waals surface area contributed by atoms with E-state index >= 15 is 0 Å². The van der Waals surface area contributed by atoms with E-state index in [2.05, 4.69) is 55.6 Å². The summed E-state index contributed by atoms with van der Waals surface area (Å²) in [6, 6.07) is 6.59. The van der Waals surface area contributed by atoms with E-state index in [1.807, 2.05) is 0 Å². The van der Waals surface area contributed by atoms with Crippen molar-refractivity contribution >= 4 is 56.6 Å². The number of amides is 1. The molecular formula is C24H24N6O2S2. The van der Waals surface area contributed by atoms with Crippen LogP contribution < -0.4 is 15.6 Å². The minimum atomic E-state index is 0.0763. The SMILES string of the molecule is CC1C2OCC3N(C(=O)CC4CCc5c(sc6ncnc(Nc7ccc8c(c7)SNN8)c56)C4)C123. The number of aryl methyl sites for hydroxylation is 1. The topological polar surface area (TPSA) is 91.2 Å². The van der Waals surface area contributed by atoms with E-state index in [0.29, 0.717) is 36.3 Å². The molecule has 0 radical (unpaired) electrons. The highest BCUT2D eigenvalue weighted by atomic mass is 32.2. The summed E-state index contributed by atoms with van der Waals surface area (Å²) in [6.45, 7) is 2.95. The van der Waals surface area contributed by atoms with Crippen LogP contribution in [-0.2, 0) is 22.4 Å². The Morgan fingerprint density at radius 2 is 2.32 bits per heavy atom. The van der Waals surface area contributed by atoms with Gasteiger partial charge in [0.1, 0.15) is 17.0 Å². The van der Waals surface area contributed by atoms with Gasteiger partial charge in [-0.1, -0.05) is 6.92 Å². The number of ether oxygens (including phenoxy) is 1. The molecule has 5 unspecified atom stereocenters. The molecule has 2 aliphatic carbocycles. The van der Waals surface area contributed by atoms with Gasteiger partial charge in [-0.05, 0) is 60.9 Å². The average Bonchev–Trinajstić information content (AvgIpc) is 3.33. The van der Waals surface area contributed by atoms with Crippen LogP contribution in [0, 0.1) is 11.8 Å². The van der Waals surface area contributed by atoms with Crippen LogP contribution in [0.4, 0.5) is 17.2 Å². The summed E-state index contributed by atoms with van der Waals surface area (Å²) in [4.78, 5) is 31.1. The van der Waals surface area contributed by atoms with Crippen molar-refractivity contribution in [3.63, 3.8) is 0 Å². The van der Waals surface area contributed by atoms with Gasteiger partial charge in [-0.2, -0.15) is 4.83 Å². The van der Waals surface area contributed by atoms with Crippen molar-refractivity contribution in [3.8, 4) is 0 Å². The van der Waals surface area contributed by atoms with Crippen molar-refractivity contribution in [2.75, 3.05) is 17.3 Å². The van der Waals surface area contributed by atoms with Crippen molar-refractivity contribution in [1.82, 2.24) is 19.7 Å². The third-order valence-corrected chi connectivity index (χ3v) is 10.4. The highest BCUT2D eigenvalue weighted by Gasteiger charge is 2.88. The number of hydrazine groups is 1. The number of carbonyl (C=O) groups is 1. The van der Waals surface area contributed by atoms with Gasteiger partial charge >= 0.3 is 0 Å². The van der Waals surface area contributed by atoms with Crippen molar-refractivity contribution in [3.05, 3.63) is 35.0 Å². The normalized spacial score (nSPS) is 32.0. The van der Waals surface area contributed by atoms with E-state index in [1.165, 1.54) is 10.4 Å². The first-order chi connectivity index (χ1) is 16.6. The van der Waals surface area contributed by atoms with Crippen molar-refractivity contribution in [2.45, 2.75) is 55.2 Å². The van der Waals surface area contributed by atoms with Gasteiger partial charge in [-0.3, -0.25) is 4.79 Å². The average molecular weight is 493 g/mol. The molecule has 0 bridgehead atoms. The summed E-state index contributed by atoms with van der Waals surface area (Å²) in [5, 5.41) is 4.67. The van der Waals surface area contributed by atoms with Crippen molar-refractivity contribution in [2.24, 2.45) is 11.8 Å². The van der Waals surface area contributed by atoms with E-state index in [9.17, 15) is 4.79 Å². The van der Waals surface area contributed by atoms with Crippen LogP contribution in [0.15, 0.2) is 29.4 Å². The maximum atomic E-state index is 13.1. The monoisotopic (exact) mass is 492 g/mol. The molecule has 2 saturated heterocycles. The molecule has 3 N–H and O–H groups in total. The minimum absolute atomic E-state index is 0.0763. The second-order valence-electron chi connectivity index (χ2n) is 10.1. The van der Waals surface area contributed by atoms with Gasteiger partial charge in [0.05, 0.1) is 40.3 Å². The van der Waals surface area contributed by atoms with Crippen molar-refractivity contribution < 1.29 is 9.53 Å². The molecule has 1 saturated carbocycles. The first-order valence-corrected chi connectivity index (χ1v) is 13.6. The number of anilines is 3. The quantitative estimate of drug-likeness (QED) is 0.374. The molecule has 34 heavy (non-hydrogen) atoms. The Morgan fingerprint density at radius 3 is 3.21 bits per heavy atom. The molecule has 2 aromatic heterocycles. The first-order valence-electron chi connectivity index (χ1n) is 11.9. The van der Waals surface area contributed by atoms with Gasteiger partial charge in [-0.25, -0.2) is 9.97 Å². The maximum Gasteiger partial charge on any atom is 0.223 e. The molecule has 3 aromatic rings. The van der Waals surface area contributed by atoms with Crippen LogP contribution >= 0.6 is 23.3 Å². The summed E-state index contributed by atoms with van der Waals surface area (Å²) >= 11 is 3.33. The summed E-state index contributed by atoms with van der Waals surface area (Å²) in [6.07, 6.45) is 5.55. The van der Waals surface area contributed by atoms with E-state index in [1.54, 1.807) is 29.6 Å². The largest absolute Gasteiger partial charge is 0.373 e. The third-order valence-electron chi connectivity index (χ3n) is 8.43. The zero-order valence-corrected chi connectivity index (χ0v) is 20.3. The van der Waals surface area contributed by atoms with E-state index < -0.39 is 0 Å². The molecule has 3 fully saturated rings. The lowest BCUT2D eigenvalue weighted by Gasteiger charge is -2.22. The first kappa shape index (κ1) is 19.9. The second-order valence-corrected chi connectivity index (χ2v) is 12.0. The number of thiophene rings is 1. The van der Waals surface area contributed by atoms with Crippen LogP contribution in [0.5, 0.6) is 0 Å². The lowest BCUT2D eigenvalue weighted by molar-refractivity contribution is -0.129. The Kier molecular flexibility index (Phi) is 4.00. The van der Waals surface area contributed by atoms with Crippen molar-refractivity contribution in [1.29, 1.82) is 0 Å². The number of nitrogens with zero attached hydrogens (tertiary/aromatic N) is 3. The molecule has 174 valence electrons. The number of fused-ring (bicyclic) bond motifs is 4. The Balaban J connectivity index is 1.03. The highest BCUT2D eigenvalue weighted by Crippen LogP contribution is 2.69. The molecule has 3 aliphatic heterocycles. The van der Waals surface area contributed by atoms with Crippen LogP contribution in [0.25, 0.3) is 10.2 Å². The number of benzene rings is 1. The second kappa shape index (κ2) is 6.84. The Hall–Kier alpha value is -2.40. The molecule has 1 amide bonds. The molecule has 5 aliphatic rings. The van der Waals surface area contributed by atoms with Crippen LogP contribution in [0.3, 0.4) is 0 Å². The van der Waals surface area contributed by atoms with Gasteiger partial charge in [0, 0.05) is 22.9 Å². The lowest BCUT2D eigenvalue weighted by Crippen LogP contribution is -2.25. The van der Waals surface area contributed by atoms with Crippen LogP contribution in [-0.4, -0.2) is 45.1 Å². The predicted molar refractivity (Wildman–Crippen MR) is 132 cm³/mol. The van der Waals surface area contributed by atoms with Gasteiger partial charge in [0.25, 0.3) is 0 Å². The summed E-state index contributed by atoms with van der Waals surface area (Å²) < 4.78 is 5.80. The Morgan fingerprint density at radius 1 is 1.38 bits per heavy atom. The molecule has 8 nitrogen and oxygen atoms in total. The predicted octanol–water partition coefficient (Wildman–Crippen LogP) is 3.87. The van der Waals surface area contributed by atoms with Crippen LogP contribution in [0.2, 0.25) is 0 Å². The number of morpholine rings is 1. The Labute approximate surface area is 205 Å². The molecule has 5 atom stereocenters. The van der Waals surface area contributed by atoms with Gasteiger partial charge in [0.15, 0.2) is 0 Å².